The fourth-order valence-corrected chi connectivity index (χ4v) is 0.534. The Labute approximate surface area is 51.6 Å². The van der Waals surface area contributed by atoms with Gasteiger partial charge in [-0.2, -0.15) is 13.2 Å². The van der Waals surface area contributed by atoms with E-state index in [1.54, 1.807) is 0 Å². The molecule has 6 heteroatoms. The molecule has 0 heterocycles. The largest absolute Gasteiger partial charge is 0.390 e. The van der Waals surface area contributed by atoms with Crippen LogP contribution in [0.25, 0.3) is 0 Å². The monoisotopic (exact) mass is 161 g/mol. The van der Waals surface area contributed by atoms with Gasteiger partial charge in [0.25, 0.3) is 0 Å². The van der Waals surface area contributed by atoms with Gasteiger partial charge in [0.1, 0.15) is 10.7 Å². The fourth-order valence-electron chi connectivity index (χ4n) is 0.178. The van der Waals surface area contributed by atoms with Crippen molar-refractivity contribution in [1.29, 1.82) is 0 Å². The molecule has 0 saturated heterocycles. The molecule has 0 unspecified atom stereocenters. The zero-order chi connectivity index (χ0) is 7.49. The van der Waals surface area contributed by atoms with Crippen molar-refractivity contribution in [3.8, 4) is 0 Å². The third-order valence-corrected chi connectivity index (χ3v) is 0.953. The van der Waals surface area contributed by atoms with Crippen molar-refractivity contribution in [1.82, 2.24) is 0 Å². The summed E-state index contributed by atoms with van der Waals surface area (Å²) in [5.41, 5.74) is 0. The highest BCUT2D eigenvalue weighted by molar-refractivity contribution is 7.74. The molecule has 0 spiro atoms. The van der Waals surface area contributed by atoms with Gasteiger partial charge in [0.05, 0.1) is 12.2 Å². The van der Waals surface area contributed by atoms with Crippen molar-refractivity contribution in [3.63, 3.8) is 0 Å². The highest BCUT2D eigenvalue weighted by atomic mass is 32.2. The number of alkyl halides is 3. The highest BCUT2D eigenvalue weighted by Crippen LogP contribution is 2.20. The van der Waals surface area contributed by atoms with E-state index in [1.165, 1.54) is 0 Å². The van der Waals surface area contributed by atoms with Crippen LogP contribution in [-0.2, 0) is 10.7 Å². The van der Waals surface area contributed by atoms with Gasteiger partial charge in [0.2, 0.25) is 0 Å². The summed E-state index contributed by atoms with van der Waals surface area (Å²) < 4.78 is 52.4. The van der Waals surface area contributed by atoms with Crippen molar-refractivity contribution in [2.24, 2.45) is 0 Å². The van der Waals surface area contributed by atoms with Crippen LogP contribution in [0.15, 0.2) is 0 Å². The Bertz CT molecular complexity index is 140. The molecule has 0 aromatic rings. The van der Waals surface area contributed by atoms with E-state index in [0.717, 1.165) is 0 Å². The van der Waals surface area contributed by atoms with Crippen molar-refractivity contribution in [2.75, 3.05) is 0 Å². The standard InChI is InChI=1S/C3H4F3O2S/c4-3(5,6)1-2-9(7)8/h2,9H,1H2. The average Bonchev–Trinajstić information content (AvgIpc) is 1.59. The molecule has 0 aromatic heterocycles. The Morgan fingerprint density at radius 2 is 1.78 bits per heavy atom. The first-order valence-corrected chi connectivity index (χ1v) is 3.20. The molecule has 2 nitrogen and oxygen atoms in total. The summed E-state index contributed by atoms with van der Waals surface area (Å²) in [7, 11) is -3.01. The molecular formula is C3H4F3O2S. The lowest BCUT2D eigenvalue weighted by Gasteiger charge is -1.99. The van der Waals surface area contributed by atoms with Gasteiger partial charge < -0.3 is 0 Å². The van der Waals surface area contributed by atoms with Crippen LogP contribution in [0.3, 0.4) is 0 Å². The van der Waals surface area contributed by atoms with Crippen molar-refractivity contribution in [2.45, 2.75) is 12.6 Å². The first-order valence-electron chi connectivity index (χ1n) is 1.95. The molecule has 0 N–H and O–H groups in total. The summed E-state index contributed by atoms with van der Waals surface area (Å²) in [5, 5.41) is 0. The van der Waals surface area contributed by atoms with Gasteiger partial charge in [-0.3, -0.25) is 0 Å². The lowest BCUT2D eigenvalue weighted by molar-refractivity contribution is -0.126. The van der Waals surface area contributed by atoms with Gasteiger partial charge in [-0.1, -0.05) is 0 Å². The molecule has 9 heavy (non-hydrogen) atoms. The molecule has 0 aliphatic rings. The lowest BCUT2D eigenvalue weighted by atomic mass is 10.5. The third-order valence-electron chi connectivity index (χ3n) is 0.472. The van der Waals surface area contributed by atoms with Gasteiger partial charge in [-0.15, -0.1) is 0 Å². The molecule has 0 rings (SSSR count). The van der Waals surface area contributed by atoms with E-state index in [2.05, 4.69) is 0 Å². The van der Waals surface area contributed by atoms with Crippen LogP contribution >= 0.6 is 0 Å². The molecule has 0 aliphatic carbocycles. The van der Waals surface area contributed by atoms with E-state index >= 15 is 0 Å². The van der Waals surface area contributed by atoms with Gasteiger partial charge in [-0.05, 0) is 0 Å². The van der Waals surface area contributed by atoms with Crippen LogP contribution in [0.1, 0.15) is 6.42 Å². The number of halogens is 3. The van der Waals surface area contributed by atoms with E-state index in [9.17, 15) is 21.6 Å². The Kier molecular flexibility index (Phi) is 2.96. The molecule has 0 aromatic carbocycles. The lowest BCUT2D eigenvalue weighted by Crippen LogP contribution is -2.06. The maximum atomic E-state index is 11.1. The molecule has 0 amide bonds. The van der Waals surface area contributed by atoms with Crippen molar-refractivity contribution in [3.05, 3.63) is 5.75 Å². The average molecular weight is 161 g/mol. The van der Waals surface area contributed by atoms with Crippen LogP contribution in [0.5, 0.6) is 0 Å². The van der Waals surface area contributed by atoms with E-state index in [0.29, 0.717) is 0 Å². The summed E-state index contributed by atoms with van der Waals surface area (Å²) in [6.07, 6.45) is -5.78. The van der Waals surface area contributed by atoms with Gasteiger partial charge in [-0.25, -0.2) is 8.42 Å². The molecule has 55 valence electrons. The Balaban J connectivity index is 3.52. The summed E-state index contributed by atoms with van der Waals surface area (Å²) >= 11 is 0. The smallest absolute Gasteiger partial charge is 0.232 e. The third kappa shape index (κ3) is 7.74. The second-order valence-corrected chi connectivity index (χ2v) is 2.22. The maximum Gasteiger partial charge on any atom is 0.390 e. The van der Waals surface area contributed by atoms with E-state index in [4.69, 9.17) is 0 Å². The molecule has 1 radical (unpaired) electrons. The van der Waals surface area contributed by atoms with Gasteiger partial charge >= 0.3 is 6.18 Å². The Morgan fingerprint density at radius 1 is 1.33 bits per heavy atom. The van der Waals surface area contributed by atoms with E-state index < -0.39 is 23.3 Å². The number of hydrogen-bond acceptors (Lipinski definition) is 2. The molecule has 0 fully saturated rings. The normalized spacial score (nSPS) is 12.4. The number of thiol groups is 1. The minimum absolute atomic E-state index is 0.204. The molecule has 0 bridgehead atoms. The summed E-state index contributed by atoms with van der Waals surface area (Å²) in [6.45, 7) is 0. The first kappa shape index (κ1) is 8.74. The summed E-state index contributed by atoms with van der Waals surface area (Å²) in [4.78, 5) is 0. The van der Waals surface area contributed by atoms with Crippen LogP contribution < -0.4 is 0 Å². The second-order valence-electron chi connectivity index (χ2n) is 1.29. The molecule has 0 aliphatic heterocycles. The molecular weight excluding hydrogens is 157 g/mol. The van der Waals surface area contributed by atoms with Crippen LogP contribution in [-0.4, -0.2) is 14.6 Å². The Hall–Kier alpha value is -0.260. The summed E-state index contributed by atoms with van der Waals surface area (Å²) in [5.74, 6) is 0.204. The van der Waals surface area contributed by atoms with Crippen molar-refractivity contribution < 1.29 is 21.6 Å². The minimum Gasteiger partial charge on any atom is -0.232 e. The summed E-state index contributed by atoms with van der Waals surface area (Å²) in [6, 6.07) is 0. The minimum atomic E-state index is -4.41. The number of rotatable bonds is 2. The van der Waals surface area contributed by atoms with Gasteiger partial charge in [0.15, 0.2) is 0 Å². The molecule has 0 atom stereocenters. The maximum absolute atomic E-state index is 11.1. The van der Waals surface area contributed by atoms with E-state index in [-0.39, 0.29) is 5.75 Å². The van der Waals surface area contributed by atoms with Gasteiger partial charge in [0, 0.05) is 0 Å². The van der Waals surface area contributed by atoms with Crippen LogP contribution in [0.2, 0.25) is 0 Å². The van der Waals surface area contributed by atoms with Crippen molar-refractivity contribution >= 4 is 10.7 Å². The highest BCUT2D eigenvalue weighted by Gasteiger charge is 2.26. The second kappa shape index (κ2) is 3.05. The van der Waals surface area contributed by atoms with E-state index in [1.807, 2.05) is 0 Å². The predicted molar refractivity (Wildman–Crippen MR) is 25.3 cm³/mol. The molecule has 0 saturated carbocycles. The topological polar surface area (TPSA) is 34.1 Å². The zero-order valence-electron chi connectivity index (χ0n) is 4.18. The number of hydrogen-bond donors (Lipinski definition) is 1. The zero-order valence-corrected chi connectivity index (χ0v) is 5.08. The predicted octanol–water partition coefficient (Wildman–Crippen LogP) is 0.712. The quantitative estimate of drug-likeness (QED) is 0.605. The first-order chi connectivity index (χ1) is 3.92. The fraction of sp³-hybridized carbons (Fsp3) is 0.667. The van der Waals surface area contributed by atoms with Crippen LogP contribution in [0, 0.1) is 5.75 Å². The van der Waals surface area contributed by atoms with Crippen LogP contribution in [0.4, 0.5) is 13.2 Å². The SMILES string of the molecule is O=[SH](=O)[CH]CC(F)(F)F. The Morgan fingerprint density at radius 3 is 1.89 bits per heavy atom.